The van der Waals surface area contributed by atoms with Gasteiger partial charge < -0.3 is 5.32 Å². The quantitative estimate of drug-likeness (QED) is 0.795. The number of anilines is 1. The maximum Gasteiger partial charge on any atom is 0.128 e. The van der Waals surface area contributed by atoms with Crippen molar-refractivity contribution in [1.29, 1.82) is 0 Å². The van der Waals surface area contributed by atoms with Crippen LogP contribution in [0.15, 0.2) is 36.4 Å². The average molecular weight is 302 g/mol. The van der Waals surface area contributed by atoms with Crippen LogP contribution in [0.3, 0.4) is 0 Å². The molecule has 0 bridgehead atoms. The van der Waals surface area contributed by atoms with Crippen LogP contribution in [0.5, 0.6) is 0 Å². The lowest BCUT2D eigenvalue weighted by molar-refractivity contribution is 0.583. The largest absolute Gasteiger partial charge is 0.378 e. The molecule has 0 fully saturated rings. The van der Waals surface area contributed by atoms with Gasteiger partial charge in [0.1, 0.15) is 11.6 Å². The van der Waals surface area contributed by atoms with E-state index in [1.54, 1.807) is 18.2 Å². The molecule has 1 N–H and O–H groups in total. The SMILES string of the molecule is CC(Nc1cc(F)cc(F)c1)c1ccc(Cl)cc1Cl. The fourth-order valence-corrected chi connectivity index (χ4v) is 2.39. The summed E-state index contributed by atoms with van der Waals surface area (Å²) in [5.74, 6) is -1.26. The first-order valence-electron chi connectivity index (χ1n) is 5.63. The topological polar surface area (TPSA) is 12.0 Å². The van der Waals surface area contributed by atoms with Crippen LogP contribution in [0.1, 0.15) is 18.5 Å². The summed E-state index contributed by atoms with van der Waals surface area (Å²) < 4.78 is 26.2. The van der Waals surface area contributed by atoms with Gasteiger partial charge in [-0.2, -0.15) is 0 Å². The van der Waals surface area contributed by atoms with E-state index >= 15 is 0 Å². The van der Waals surface area contributed by atoms with Crippen molar-refractivity contribution in [3.05, 3.63) is 63.6 Å². The van der Waals surface area contributed by atoms with E-state index in [2.05, 4.69) is 5.32 Å². The molecule has 5 heteroatoms. The summed E-state index contributed by atoms with van der Waals surface area (Å²) in [4.78, 5) is 0. The maximum atomic E-state index is 13.1. The molecule has 1 atom stereocenters. The van der Waals surface area contributed by atoms with Gasteiger partial charge in [-0.05, 0) is 36.8 Å². The van der Waals surface area contributed by atoms with Crippen LogP contribution in [-0.4, -0.2) is 0 Å². The molecule has 1 unspecified atom stereocenters. The monoisotopic (exact) mass is 301 g/mol. The van der Waals surface area contributed by atoms with Crippen molar-refractivity contribution in [2.75, 3.05) is 5.32 Å². The van der Waals surface area contributed by atoms with Gasteiger partial charge in [0.25, 0.3) is 0 Å². The first-order valence-corrected chi connectivity index (χ1v) is 6.39. The van der Waals surface area contributed by atoms with Crippen LogP contribution in [0, 0.1) is 11.6 Å². The van der Waals surface area contributed by atoms with E-state index in [1.165, 1.54) is 12.1 Å². The molecule has 0 aliphatic carbocycles. The molecule has 0 saturated carbocycles. The number of hydrogen-bond acceptors (Lipinski definition) is 1. The highest BCUT2D eigenvalue weighted by atomic mass is 35.5. The smallest absolute Gasteiger partial charge is 0.128 e. The van der Waals surface area contributed by atoms with Crippen LogP contribution in [0.25, 0.3) is 0 Å². The van der Waals surface area contributed by atoms with Crippen molar-refractivity contribution in [1.82, 2.24) is 0 Å². The summed E-state index contributed by atoms with van der Waals surface area (Å²) in [6, 6.07) is 8.19. The summed E-state index contributed by atoms with van der Waals surface area (Å²) >= 11 is 11.9. The van der Waals surface area contributed by atoms with Gasteiger partial charge in [0.15, 0.2) is 0 Å². The second-order valence-electron chi connectivity index (χ2n) is 4.19. The lowest BCUT2D eigenvalue weighted by Gasteiger charge is -2.17. The van der Waals surface area contributed by atoms with Crippen molar-refractivity contribution < 1.29 is 8.78 Å². The van der Waals surface area contributed by atoms with E-state index in [4.69, 9.17) is 23.2 Å². The van der Waals surface area contributed by atoms with Gasteiger partial charge in [-0.25, -0.2) is 8.78 Å². The maximum absolute atomic E-state index is 13.1. The Morgan fingerprint density at radius 1 is 1.00 bits per heavy atom. The van der Waals surface area contributed by atoms with Gasteiger partial charge in [0.2, 0.25) is 0 Å². The Labute approximate surface area is 120 Å². The predicted octanol–water partition coefficient (Wildman–Crippen LogP) is 5.44. The van der Waals surface area contributed by atoms with Crippen LogP contribution in [0.4, 0.5) is 14.5 Å². The summed E-state index contributed by atoms with van der Waals surface area (Å²) in [6.07, 6.45) is 0. The fraction of sp³-hybridized carbons (Fsp3) is 0.143. The van der Waals surface area contributed by atoms with E-state index in [1.807, 2.05) is 6.92 Å². The van der Waals surface area contributed by atoms with Crippen molar-refractivity contribution in [3.8, 4) is 0 Å². The molecule has 0 amide bonds. The lowest BCUT2D eigenvalue weighted by atomic mass is 10.1. The van der Waals surface area contributed by atoms with Crippen LogP contribution in [0.2, 0.25) is 10.0 Å². The number of nitrogens with one attached hydrogen (secondary N) is 1. The molecule has 19 heavy (non-hydrogen) atoms. The van der Waals surface area contributed by atoms with Gasteiger partial charge in [0.05, 0.1) is 0 Å². The van der Waals surface area contributed by atoms with Gasteiger partial charge in [-0.1, -0.05) is 29.3 Å². The molecule has 0 saturated heterocycles. The van der Waals surface area contributed by atoms with E-state index in [0.29, 0.717) is 15.7 Å². The Hall–Kier alpha value is -1.32. The Morgan fingerprint density at radius 3 is 2.21 bits per heavy atom. The second-order valence-corrected chi connectivity index (χ2v) is 5.03. The molecular weight excluding hydrogens is 291 g/mol. The van der Waals surface area contributed by atoms with Crippen LogP contribution >= 0.6 is 23.2 Å². The second kappa shape index (κ2) is 5.76. The lowest BCUT2D eigenvalue weighted by Crippen LogP contribution is -2.07. The molecule has 2 rings (SSSR count). The van der Waals surface area contributed by atoms with E-state index in [0.717, 1.165) is 11.6 Å². The molecule has 0 aliphatic rings. The normalized spacial score (nSPS) is 12.3. The van der Waals surface area contributed by atoms with Crippen LogP contribution in [-0.2, 0) is 0 Å². The third-order valence-corrected chi connectivity index (χ3v) is 3.24. The molecule has 2 aromatic carbocycles. The first-order chi connectivity index (χ1) is 8.95. The van der Waals surface area contributed by atoms with E-state index in [9.17, 15) is 8.78 Å². The van der Waals surface area contributed by atoms with Crippen molar-refractivity contribution >= 4 is 28.9 Å². The van der Waals surface area contributed by atoms with Crippen molar-refractivity contribution in [2.24, 2.45) is 0 Å². The van der Waals surface area contributed by atoms with Gasteiger partial charge in [-0.15, -0.1) is 0 Å². The summed E-state index contributed by atoms with van der Waals surface area (Å²) in [5.41, 5.74) is 1.16. The number of halogens is 4. The Morgan fingerprint density at radius 2 is 1.63 bits per heavy atom. The van der Waals surface area contributed by atoms with Crippen molar-refractivity contribution in [3.63, 3.8) is 0 Å². The van der Waals surface area contributed by atoms with Gasteiger partial charge in [-0.3, -0.25) is 0 Å². The molecule has 0 spiro atoms. The highest BCUT2D eigenvalue weighted by molar-refractivity contribution is 6.35. The van der Waals surface area contributed by atoms with Crippen molar-refractivity contribution in [2.45, 2.75) is 13.0 Å². The van der Waals surface area contributed by atoms with Crippen LogP contribution < -0.4 is 5.32 Å². The zero-order valence-corrected chi connectivity index (χ0v) is 11.6. The number of benzene rings is 2. The number of rotatable bonds is 3. The predicted molar refractivity (Wildman–Crippen MR) is 74.9 cm³/mol. The molecule has 2 aromatic rings. The summed E-state index contributed by atoms with van der Waals surface area (Å²) in [6.45, 7) is 1.85. The molecule has 0 aromatic heterocycles. The minimum Gasteiger partial charge on any atom is -0.378 e. The van der Waals surface area contributed by atoms with E-state index < -0.39 is 11.6 Å². The Bertz CT molecular complexity index is 582. The highest BCUT2D eigenvalue weighted by Gasteiger charge is 2.11. The minimum atomic E-state index is -0.628. The molecule has 1 nitrogen and oxygen atoms in total. The molecule has 0 heterocycles. The molecule has 0 radical (unpaired) electrons. The van der Waals surface area contributed by atoms with E-state index in [-0.39, 0.29) is 6.04 Å². The summed E-state index contributed by atoms with van der Waals surface area (Å²) in [5, 5.41) is 4.04. The third kappa shape index (κ3) is 3.58. The molecule has 100 valence electrons. The Kier molecular flexibility index (Phi) is 4.27. The third-order valence-electron chi connectivity index (χ3n) is 2.67. The zero-order valence-electron chi connectivity index (χ0n) is 10.1. The standard InChI is InChI=1S/C14H11Cl2F2N/c1-8(13-3-2-9(15)4-14(13)16)19-12-6-10(17)5-11(18)7-12/h2-8,19H,1H3. The average Bonchev–Trinajstić information content (AvgIpc) is 2.26. The Balaban J connectivity index is 2.22. The molecule has 0 aliphatic heterocycles. The van der Waals surface area contributed by atoms with Gasteiger partial charge >= 0.3 is 0 Å². The first kappa shape index (κ1) is 14.1. The molecular formula is C14H11Cl2F2N. The fourth-order valence-electron chi connectivity index (χ4n) is 1.82. The number of hydrogen-bond donors (Lipinski definition) is 1. The summed E-state index contributed by atoms with van der Waals surface area (Å²) in [7, 11) is 0. The minimum absolute atomic E-state index is 0.203. The van der Waals surface area contributed by atoms with Gasteiger partial charge in [0, 0.05) is 27.8 Å². The zero-order chi connectivity index (χ0) is 14.0. The highest BCUT2D eigenvalue weighted by Crippen LogP contribution is 2.28.